The topological polar surface area (TPSA) is 52.8 Å². The summed E-state index contributed by atoms with van der Waals surface area (Å²) in [6, 6.07) is 9.72. The van der Waals surface area contributed by atoms with Crippen molar-refractivity contribution in [1.82, 2.24) is 10.2 Å². The summed E-state index contributed by atoms with van der Waals surface area (Å²) in [6.45, 7) is 0. The van der Waals surface area contributed by atoms with Gasteiger partial charge in [-0.2, -0.15) is 5.26 Å². The molecule has 0 aliphatic heterocycles. The monoisotopic (exact) mass is 198 g/mol. The Labute approximate surface area is 87.8 Å². The van der Waals surface area contributed by atoms with Crippen LogP contribution in [-0.2, 0) is 0 Å². The normalized spacial score (nSPS) is 9.93. The molecule has 74 valence electrons. The van der Waals surface area contributed by atoms with Crippen molar-refractivity contribution in [2.45, 2.75) is 0 Å². The number of benzene rings is 1. The van der Waals surface area contributed by atoms with E-state index in [0.717, 1.165) is 16.6 Å². The quantitative estimate of drug-likeness (QED) is 0.697. The Balaban J connectivity index is 2.86. The molecule has 0 amide bonds. The van der Waals surface area contributed by atoms with E-state index in [1.54, 1.807) is 0 Å². The fourth-order valence-electron chi connectivity index (χ4n) is 1.57. The first kappa shape index (κ1) is 9.41. The van der Waals surface area contributed by atoms with Gasteiger partial charge >= 0.3 is 0 Å². The van der Waals surface area contributed by atoms with Gasteiger partial charge in [-0.3, -0.25) is 0 Å². The Kier molecular flexibility index (Phi) is 2.22. The van der Waals surface area contributed by atoms with Gasteiger partial charge in [-0.25, -0.2) is 0 Å². The third-order valence-electron chi connectivity index (χ3n) is 2.19. The lowest BCUT2D eigenvalue weighted by atomic mass is 10.1. The van der Waals surface area contributed by atoms with Crippen molar-refractivity contribution in [3.05, 3.63) is 30.0 Å². The van der Waals surface area contributed by atoms with Crippen LogP contribution in [-0.4, -0.2) is 24.3 Å². The number of hydrogen-bond acceptors (Lipinski definition) is 4. The van der Waals surface area contributed by atoms with Crippen molar-refractivity contribution < 1.29 is 0 Å². The Morgan fingerprint density at radius 3 is 2.60 bits per heavy atom. The van der Waals surface area contributed by atoms with Crippen molar-refractivity contribution in [3.8, 4) is 6.07 Å². The lowest BCUT2D eigenvalue weighted by Gasteiger charge is -2.15. The average molecular weight is 198 g/mol. The molecule has 1 aromatic heterocycles. The van der Waals surface area contributed by atoms with E-state index in [9.17, 15) is 0 Å². The molecule has 0 aliphatic rings. The molecule has 0 saturated carbocycles. The zero-order valence-electron chi connectivity index (χ0n) is 8.60. The molecule has 0 radical (unpaired) electrons. The molecule has 0 atom stereocenters. The molecule has 1 aromatic carbocycles. The van der Waals surface area contributed by atoms with Crippen LogP contribution in [0.3, 0.4) is 0 Å². The highest BCUT2D eigenvalue weighted by Crippen LogP contribution is 2.25. The predicted octanol–water partition coefficient (Wildman–Crippen LogP) is 1.57. The number of fused-ring (bicyclic) bond motifs is 1. The molecule has 0 fully saturated rings. The highest BCUT2D eigenvalue weighted by molar-refractivity contribution is 5.93. The van der Waals surface area contributed by atoms with Gasteiger partial charge in [0, 0.05) is 19.5 Å². The molecule has 0 saturated heterocycles. The fourth-order valence-corrected chi connectivity index (χ4v) is 1.57. The summed E-state index contributed by atoms with van der Waals surface area (Å²) in [5.41, 5.74) is 1.99. The second-order valence-electron chi connectivity index (χ2n) is 3.42. The maximum absolute atomic E-state index is 8.95. The molecule has 0 unspecified atom stereocenters. The van der Waals surface area contributed by atoms with E-state index in [2.05, 4.69) is 16.3 Å². The van der Waals surface area contributed by atoms with Crippen LogP contribution >= 0.6 is 0 Å². The third-order valence-corrected chi connectivity index (χ3v) is 2.19. The summed E-state index contributed by atoms with van der Waals surface area (Å²) in [4.78, 5) is 1.88. The lowest BCUT2D eigenvalue weighted by Crippen LogP contribution is -2.12. The van der Waals surface area contributed by atoms with Crippen LogP contribution in [0.4, 0.5) is 5.69 Å². The minimum absolute atomic E-state index is 0.360. The smallest absolute Gasteiger partial charge is 0.186 e. The largest absolute Gasteiger partial charge is 0.375 e. The maximum atomic E-state index is 8.95. The van der Waals surface area contributed by atoms with Crippen molar-refractivity contribution >= 4 is 16.6 Å². The molecular weight excluding hydrogens is 188 g/mol. The molecule has 0 spiro atoms. The average Bonchev–Trinajstić information content (AvgIpc) is 2.27. The van der Waals surface area contributed by atoms with Crippen molar-refractivity contribution in [2.24, 2.45) is 0 Å². The first-order chi connectivity index (χ1) is 7.24. The van der Waals surface area contributed by atoms with Crippen molar-refractivity contribution in [2.75, 3.05) is 19.0 Å². The molecule has 4 nitrogen and oxygen atoms in total. The van der Waals surface area contributed by atoms with Gasteiger partial charge in [0.25, 0.3) is 0 Å². The molecule has 0 bridgehead atoms. The predicted molar refractivity (Wildman–Crippen MR) is 58.6 cm³/mol. The highest BCUT2D eigenvalue weighted by Gasteiger charge is 2.11. The van der Waals surface area contributed by atoms with Gasteiger partial charge in [-0.1, -0.05) is 18.2 Å². The Morgan fingerprint density at radius 2 is 1.93 bits per heavy atom. The van der Waals surface area contributed by atoms with Gasteiger partial charge in [0.2, 0.25) is 0 Å². The van der Waals surface area contributed by atoms with E-state index in [-0.39, 0.29) is 0 Å². The second-order valence-corrected chi connectivity index (χ2v) is 3.42. The maximum Gasteiger partial charge on any atom is 0.186 e. The van der Waals surface area contributed by atoms with Gasteiger partial charge in [-0.15, -0.1) is 10.2 Å². The van der Waals surface area contributed by atoms with E-state index in [1.165, 1.54) is 0 Å². The van der Waals surface area contributed by atoms with Crippen molar-refractivity contribution in [1.29, 1.82) is 5.26 Å². The van der Waals surface area contributed by atoms with E-state index in [1.807, 2.05) is 43.3 Å². The first-order valence-corrected chi connectivity index (χ1v) is 4.57. The summed E-state index contributed by atoms with van der Waals surface area (Å²) >= 11 is 0. The highest BCUT2D eigenvalue weighted by atomic mass is 15.1. The number of nitriles is 1. The van der Waals surface area contributed by atoms with Crippen LogP contribution in [0.15, 0.2) is 24.3 Å². The molecular formula is C11H10N4. The van der Waals surface area contributed by atoms with E-state index < -0.39 is 0 Å². The van der Waals surface area contributed by atoms with Crippen molar-refractivity contribution in [3.63, 3.8) is 0 Å². The van der Waals surface area contributed by atoms with Gasteiger partial charge < -0.3 is 4.90 Å². The molecule has 2 aromatic rings. The molecule has 15 heavy (non-hydrogen) atoms. The number of anilines is 1. The Hall–Kier alpha value is -2.15. The van der Waals surface area contributed by atoms with Crippen LogP contribution in [0.5, 0.6) is 0 Å². The number of nitrogens with zero attached hydrogens (tertiary/aromatic N) is 4. The van der Waals surface area contributed by atoms with Gasteiger partial charge in [0.1, 0.15) is 6.07 Å². The summed E-state index contributed by atoms with van der Waals surface area (Å²) in [7, 11) is 3.79. The SMILES string of the molecule is CN(C)c1c(C#N)nnc2ccccc12. The van der Waals surface area contributed by atoms with Gasteiger partial charge in [0.05, 0.1) is 11.2 Å². The second kappa shape index (κ2) is 3.54. The summed E-state index contributed by atoms with van der Waals surface area (Å²) < 4.78 is 0. The number of rotatable bonds is 1. The van der Waals surface area contributed by atoms with Crippen LogP contribution in [0, 0.1) is 11.3 Å². The van der Waals surface area contributed by atoms with Crippen LogP contribution < -0.4 is 4.90 Å². The van der Waals surface area contributed by atoms with Gasteiger partial charge in [0.15, 0.2) is 5.69 Å². The minimum atomic E-state index is 0.360. The minimum Gasteiger partial charge on any atom is -0.375 e. The Bertz CT molecular complexity index is 540. The standard InChI is InChI=1S/C11H10N4/c1-15(2)11-8-5-3-4-6-9(8)13-14-10(11)7-12/h3-6H,1-2H3. The molecule has 0 aliphatic carbocycles. The fraction of sp³-hybridized carbons (Fsp3) is 0.182. The van der Waals surface area contributed by atoms with Crippen LogP contribution in [0.2, 0.25) is 0 Å². The number of hydrogen-bond donors (Lipinski definition) is 0. The first-order valence-electron chi connectivity index (χ1n) is 4.57. The van der Waals surface area contributed by atoms with E-state index in [0.29, 0.717) is 5.69 Å². The van der Waals surface area contributed by atoms with Crippen LogP contribution in [0.25, 0.3) is 10.9 Å². The Morgan fingerprint density at radius 1 is 1.20 bits per heavy atom. The summed E-state index contributed by atoms with van der Waals surface area (Å²) in [5, 5.41) is 17.8. The van der Waals surface area contributed by atoms with Gasteiger partial charge in [-0.05, 0) is 6.07 Å². The molecule has 2 rings (SSSR count). The third kappa shape index (κ3) is 1.48. The molecule has 1 heterocycles. The molecule has 0 N–H and O–H groups in total. The van der Waals surface area contributed by atoms with E-state index in [4.69, 9.17) is 5.26 Å². The molecule has 4 heteroatoms. The zero-order chi connectivity index (χ0) is 10.8. The number of aromatic nitrogens is 2. The lowest BCUT2D eigenvalue weighted by molar-refractivity contribution is 1.02. The summed E-state index contributed by atoms with van der Waals surface area (Å²) in [6.07, 6.45) is 0. The zero-order valence-corrected chi connectivity index (χ0v) is 8.60. The van der Waals surface area contributed by atoms with Crippen LogP contribution in [0.1, 0.15) is 5.69 Å². The summed E-state index contributed by atoms with van der Waals surface area (Å²) in [5.74, 6) is 0. The van der Waals surface area contributed by atoms with E-state index >= 15 is 0 Å².